The van der Waals surface area contributed by atoms with Crippen LogP contribution in [0.1, 0.15) is 41.6 Å². The number of esters is 2. The van der Waals surface area contributed by atoms with Gasteiger partial charge in [-0.1, -0.05) is 12.1 Å². The van der Waals surface area contributed by atoms with E-state index in [1.165, 1.54) is 13.2 Å². The highest BCUT2D eigenvalue weighted by atomic mass is 16.5. The molecule has 0 bridgehead atoms. The van der Waals surface area contributed by atoms with Crippen LogP contribution in [0.4, 0.5) is 0 Å². The van der Waals surface area contributed by atoms with Gasteiger partial charge in [0.15, 0.2) is 11.9 Å². The molecule has 0 radical (unpaired) electrons. The average molecular weight is 302 g/mol. The second kappa shape index (κ2) is 7.54. The number of Topliss-reactive ketones (excluding diaryl/α,β-unsaturated/α-hetero) is 1. The van der Waals surface area contributed by atoms with Gasteiger partial charge in [0, 0.05) is 12.5 Å². The van der Waals surface area contributed by atoms with Crippen LogP contribution in [0.25, 0.3) is 6.08 Å². The molecular weight excluding hydrogens is 284 g/mol. The van der Waals surface area contributed by atoms with E-state index in [1.54, 1.807) is 30.3 Å². The average Bonchev–Trinajstić information content (AvgIpc) is 2.55. The van der Waals surface area contributed by atoms with Crippen LogP contribution in [-0.4, -0.2) is 30.9 Å². The number of carbonyl (C=O) groups is 3. The molecule has 0 unspecified atom stereocenters. The lowest BCUT2D eigenvalue weighted by Crippen LogP contribution is -2.29. The Bertz CT molecular complexity index is 586. The first kappa shape index (κ1) is 15.9. The minimum atomic E-state index is -0.604. The molecule has 1 aromatic rings. The minimum absolute atomic E-state index is 0.00423. The molecule has 2 rings (SSSR count). The molecule has 22 heavy (non-hydrogen) atoms. The highest BCUT2D eigenvalue weighted by Gasteiger charge is 2.24. The summed E-state index contributed by atoms with van der Waals surface area (Å²) in [5, 5.41) is 0. The topological polar surface area (TPSA) is 69.7 Å². The Morgan fingerprint density at radius 3 is 2.55 bits per heavy atom. The van der Waals surface area contributed by atoms with Crippen LogP contribution in [-0.2, 0) is 19.1 Å². The molecule has 0 spiro atoms. The molecule has 1 aliphatic carbocycles. The number of ketones is 1. The summed E-state index contributed by atoms with van der Waals surface area (Å²) in [7, 11) is 1.32. The summed E-state index contributed by atoms with van der Waals surface area (Å²) in [6.07, 6.45) is 5.12. The second-order valence-electron chi connectivity index (χ2n) is 5.08. The van der Waals surface area contributed by atoms with E-state index in [2.05, 4.69) is 4.74 Å². The van der Waals surface area contributed by atoms with Crippen LogP contribution in [0.2, 0.25) is 0 Å². The van der Waals surface area contributed by atoms with Crippen molar-refractivity contribution < 1.29 is 23.9 Å². The van der Waals surface area contributed by atoms with Crippen LogP contribution < -0.4 is 0 Å². The van der Waals surface area contributed by atoms with Crippen molar-refractivity contribution in [2.24, 2.45) is 0 Å². The lowest BCUT2D eigenvalue weighted by Gasteiger charge is -2.19. The molecule has 5 nitrogen and oxygen atoms in total. The fraction of sp³-hybridized carbons (Fsp3) is 0.353. The Hall–Kier alpha value is -2.43. The van der Waals surface area contributed by atoms with Gasteiger partial charge >= 0.3 is 11.9 Å². The predicted octanol–water partition coefficient (Wildman–Crippen LogP) is 2.54. The Balaban J connectivity index is 1.91. The molecule has 1 aliphatic rings. The molecule has 116 valence electrons. The summed E-state index contributed by atoms with van der Waals surface area (Å²) < 4.78 is 9.76. The highest BCUT2D eigenvalue weighted by Crippen LogP contribution is 2.17. The van der Waals surface area contributed by atoms with Gasteiger partial charge in [0.1, 0.15) is 0 Å². The van der Waals surface area contributed by atoms with E-state index in [0.29, 0.717) is 18.4 Å². The fourth-order valence-electron chi connectivity index (χ4n) is 2.27. The number of carbonyl (C=O) groups excluding carboxylic acids is 3. The molecule has 1 atom stereocenters. The standard InChI is InChI=1S/C17H18O5/c1-21-17(20)13-9-6-12(7-10-13)8-11-16(19)22-15-5-3-2-4-14(15)18/h6-11,15H,2-5H2,1H3/b11-8+/t15-/m0/s1. The summed E-state index contributed by atoms with van der Waals surface area (Å²) >= 11 is 0. The second-order valence-corrected chi connectivity index (χ2v) is 5.08. The SMILES string of the molecule is COC(=O)c1ccc(/C=C/C(=O)O[C@H]2CCCCC2=O)cc1. The Labute approximate surface area is 128 Å². The molecule has 1 fully saturated rings. The monoisotopic (exact) mass is 302 g/mol. The van der Waals surface area contributed by atoms with E-state index < -0.39 is 18.0 Å². The predicted molar refractivity (Wildman–Crippen MR) is 80.2 cm³/mol. The molecule has 5 heteroatoms. The number of ether oxygens (including phenoxy) is 2. The first-order valence-electron chi connectivity index (χ1n) is 7.20. The summed E-state index contributed by atoms with van der Waals surface area (Å²) in [5.74, 6) is -0.946. The maximum absolute atomic E-state index is 11.7. The largest absolute Gasteiger partial charge is 0.465 e. The van der Waals surface area contributed by atoms with Gasteiger partial charge in [-0.3, -0.25) is 4.79 Å². The molecule has 1 aromatic carbocycles. The number of rotatable bonds is 4. The van der Waals surface area contributed by atoms with Gasteiger partial charge < -0.3 is 9.47 Å². The van der Waals surface area contributed by atoms with Crippen molar-refractivity contribution in [1.82, 2.24) is 0 Å². The minimum Gasteiger partial charge on any atom is -0.465 e. The normalized spacial score (nSPS) is 18.2. The van der Waals surface area contributed by atoms with Crippen molar-refractivity contribution in [3.63, 3.8) is 0 Å². The van der Waals surface area contributed by atoms with Crippen molar-refractivity contribution in [3.05, 3.63) is 41.5 Å². The maximum atomic E-state index is 11.7. The Morgan fingerprint density at radius 1 is 1.18 bits per heavy atom. The van der Waals surface area contributed by atoms with Crippen molar-refractivity contribution in [2.45, 2.75) is 31.8 Å². The zero-order chi connectivity index (χ0) is 15.9. The van der Waals surface area contributed by atoms with Crippen molar-refractivity contribution in [2.75, 3.05) is 7.11 Å². The summed E-state index contributed by atoms with van der Waals surface area (Å²) in [4.78, 5) is 34.6. The third-order valence-corrected chi connectivity index (χ3v) is 3.50. The molecule has 0 heterocycles. The summed E-state index contributed by atoms with van der Waals surface area (Å²) in [6, 6.07) is 6.62. The van der Waals surface area contributed by atoms with Gasteiger partial charge in [0.05, 0.1) is 12.7 Å². The number of hydrogen-bond acceptors (Lipinski definition) is 5. The van der Waals surface area contributed by atoms with E-state index in [4.69, 9.17) is 4.74 Å². The molecule has 0 amide bonds. The van der Waals surface area contributed by atoms with E-state index >= 15 is 0 Å². The zero-order valence-corrected chi connectivity index (χ0v) is 12.4. The number of benzene rings is 1. The van der Waals surface area contributed by atoms with E-state index in [0.717, 1.165) is 18.4 Å². The molecule has 0 aromatic heterocycles. The van der Waals surface area contributed by atoms with Crippen molar-refractivity contribution in [3.8, 4) is 0 Å². The molecule has 0 N–H and O–H groups in total. The zero-order valence-electron chi connectivity index (χ0n) is 12.4. The van der Waals surface area contributed by atoms with E-state index in [-0.39, 0.29) is 5.78 Å². The first-order chi connectivity index (χ1) is 10.6. The summed E-state index contributed by atoms with van der Waals surface area (Å²) in [6.45, 7) is 0. The first-order valence-corrected chi connectivity index (χ1v) is 7.20. The van der Waals surface area contributed by atoms with Crippen LogP contribution in [0.5, 0.6) is 0 Å². The smallest absolute Gasteiger partial charge is 0.337 e. The third-order valence-electron chi connectivity index (χ3n) is 3.50. The van der Waals surface area contributed by atoms with Crippen LogP contribution in [0.3, 0.4) is 0 Å². The number of hydrogen-bond donors (Lipinski definition) is 0. The molecule has 1 saturated carbocycles. The van der Waals surface area contributed by atoms with Gasteiger partial charge in [-0.25, -0.2) is 9.59 Å². The van der Waals surface area contributed by atoms with E-state index in [9.17, 15) is 14.4 Å². The molecule has 0 saturated heterocycles. The van der Waals surface area contributed by atoms with Gasteiger partial charge in [-0.2, -0.15) is 0 Å². The lowest BCUT2D eigenvalue weighted by molar-refractivity contribution is -0.152. The van der Waals surface area contributed by atoms with Crippen LogP contribution in [0.15, 0.2) is 30.3 Å². The van der Waals surface area contributed by atoms with Crippen molar-refractivity contribution >= 4 is 23.8 Å². The molecule has 0 aliphatic heterocycles. The van der Waals surface area contributed by atoms with E-state index in [1.807, 2.05) is 0 Å². The van der Waals surface area contributed by atoms with Gasteiger partial charge in [-0.15, -0.1) is 0 Å². The summed E-state index contributed by atoms with van der Waals surface area (Å²) in [5.41, 5.74) is 1.19. The quantitative estimate of drug-likeness (QED) is 0.631. The number of methoxy groups -OCH3 is 1. The lowest BCUT2D eigenvalue weighted by atomic mass is 9.96. The van der Waals surface area contributed by atoms with Gasteiger partial charge in [-0.05, 0) is 43.0 Å². The van der Waals surface area contributed by atoms with Crippen LogP contribution in [0, 0.1) is 0 Å². The third kappa shape index (κ3) is 4.28. The molecular formula is C17H18O5. The van der Waals surface area contributed by atoms with Gasteiger partial charge in [0.2, 0.25) is 0 Å². The van der Waals surface area contributed by atoms with Crippen LogP contribution >= 0.6 is 0 Å². The fourth-order valence-corrected chi connectivity index (χ4v) is 2.27. The Kier molecular flexibility index (Phi) is 5.47. The Morgan fingerprint density at radius 2 is 1.91 bits per heavy atom. The highest BCUT2D eigenvalue weighted by molar-refractivity contribution is 5.92. The maximum Gasteiger partial charge on any atom is 0.337 e. The van der Waals surface area contributed by atoms with Gasteiger partial charge in [0.25, 0.3) is 0 Å². The van der Waals surface area contributed by atoms with Crippen molar-refractivity contribution in [1.29, 1.82) is 0 Å².